The van der Waals surface area contributed by atoms with Gasteiger partial charge in [0.15, 0.2) is 0 Å². The number of aromatic nitrogens is 2. The van der Waals surface area contributed by atoms with Crippen molar-refractivity contribution >= 4 is 11.6 Å². The number of rotatable bonds is 8. The molecule has 108 valence electrons. The third kappa shape index (κ3) is 4.67. The molecule has 0 amide bonds. The average Bonchev–Trinajstić information content (AvgIpc) is 2.40. The molecule has 0 spiro atoms. The summed E-state index contributed by atoms with van der Waals surface area (Å²) in [5, 5.41) is 6.75. The maximum Gasteiger partial charge on any atom is 0.135 e. The van der Waals surface area contributed by atoms with E-state index in [2.05, 4.69) is 41.4 Å². The van der Waals surface area contributed by atoms with E-state index in [-0.39, 0.29) is 6.04 Å². The Morgan fingerprint density at radius 3 is 2.47 bits per heavy atom. The van der Waals surface area contributed by atoms with Crippen LogP contribution in [-0.2, 0) is 11.2 Å². The van der Waals surface area contributed by atoms with Crippen molar-refractivity contribution in [3.8, 4) is 0 Å². The third-order valence-corrected chi connectivity index (χ3v) is 2.85. The van der Waals surface area contributed by atoms with Gasteiger partial charge in [-0.1, -0.05) is 13.8 Å². The Morgan fingerprint density at radius 1 is 1.21 bits per heavy atom. The summed E-state index contributed by atoms with van der Waals surface area (Å²) in [6.45, 7) is 9.91. The van der Waals surface area contributed by atoms with Gasteiger partial charge in [0.1, 0.15) is 17.5 Å². The highest BCUT2D eigenvalue weighted by Gasteiger charge is 2.12. The highest BCUT2D eigenvalue weighted by Crippen LogP contribution is 2.21. The molecular weight excluding hydrogens is 240 g/mol. The smallest absolute Gasteiger partial charge is 0.135 e. The lowest BCUT2D eigenvalue weighted by Crippen LogP contribution is -2.23. The van der Waals surface area contributed by atoms with Crippen molar-refractivity contribution < 1.29 is 4.74 Å². The summed E-state index contributed by atoms with van der Waals surface area (Å²) in [7, 11) is 1.71. The summed E-state index contributed by atoms with van der Waals surface area (Å²) in [6.07, 6.45) is 1.90. The van der Waals surface area contributed by atoms with Crippen LogP contribution in [0, 0.1) is 6.92 Å². The van der Waals surface area contributed by atoms with Gasteiger partial charge >= 0.3 is 0 Å². The van der Waals surface area contributed by atoms with E-state index in [1.807, 2.05) is 6.92 Å². The molecular formula is C14H26N4O. The molecule has 0 aliphatic rings. The summed E-state index contributed by atoms with van der Waals surface area (Å²) >= 11 is 0. The minimum atomic E-state index is 0.224. The lowest BCUT2D eigenvalue weighted by Gasteiger charge is -2.18. The van der Waals surface area contributed by atoms with Crippen molar-refractivity contribution in [2.75, 3.05) is 30.9 Å². The molecule has 0 aliphatic carbocycles. The molecule has 5 nitrogen and oxygen atoms in total. The summed E-state index contributed by atoms with van der Waals surface area (Å²) < 4.78 is 5.15. The summed E-state index contributed by atoms with van der Waals surface area (Å²) in [6, 6.07) is 0.224. The van der Waals surface area contributed by atoms with Crippen LogP contribution in [0.25, 0.3) is 0 Å². The first-order valence-electron chi connectivity index (χ1n) is 6.99. The molecule has 0 radical (unpaired) electrons. The molecule has 0 bridgehead atoms. The quantitative estimate of drug-likeness (QED) is 0.757. The third-order valence-electron chi connectivity index (χ3n) is 2.85. The van der Waals surface area contributed by atoms with E-state index in [0.717, 1.165) is 42.4 Å². The Kier molecular flexibility index (Phi) is 6.56. The van der Waals surface area contributed by atoms with Gasteiger partial charge in [0.2, 0.25) is 0 Å². The monoisotopic (exact) mass is 266 g/mol. The minimum absolute atomic E-state index is 0.224. The van der Waals surface area contributed by atoms with Crippen LogP contribution in [0.3, 0.4) is 0 Å². The molecule has 2 N–H and O–H groups in total. The van der Waals surface area contributed by atoms with Crippen LogP contribution in [-0.4, -0.2) is 36.3 Å². The second kappa shape index (κ2) is 7.94. The van der Waals surface area contributed by atoms with Crippen molar-refractivity contribution in [1.29, 1.82) is 0 Å². The van der Waals surface area contributed by atoms with Crippen molar-refractivity contribution in [2.45, 2.75) is 46.6 Å². The number of methoxy groups -OCH3 is 1. The fraction of sp³-hybridized carbons (Fsp3) is 0.714. The Hall–Kier alpha value is -1.36. The zero-order valence-electron chi connectivity index (χ0n) is 12.7. The standard InChI is InChI=1S/C14H26N4O/c1-6-8-15-13-11(4)14(16-10(3)9-19-5)18-12(7-2)17-13/h10H,6-9H2,1-5H3,(H2,15,16,17,18). The SMILES string of the molecule is CCCNc1nc(CC)nc(NC(C)COC)c1C. The van der Waals surface area contributed by atoms with Crippen LogP contribution >= 0.6 is 0 Å². The molecule has 1 unspecified atom stereocenters. The number of aryl methyl sites for hydroxylation is 1. The molecule has 1 heterocycles. The first-order valence-corrected chi connectivity index (χ1v) is 6.99. The first-order chi connectivity index (χ1) is 9.12. The van der Waals surface area contributed by atoms with E-state index in [1.54, 1.807) is 7.11 Å². The van der Waals surface area contributed by atoms with Gasteiger partial charge in [0, 0.05) is 31.7 Å². The lowest BCUT2D eigenvalue weighted by atomic mass is 10.2. The number of nitrogens with zero attached hydrogens (tertiary/aromatic N) is 2. The van der Waals surface area contributed by atoms with Crippen LogP contribution < -0.4 is 10.6 Å². The summed E-state index contributed by atoms with van der Waals surface area (Å²) in [4.78, 5) is 9.11. The predicted octanol–water partition coefficient (Wildman–Crippen LogP) is 2.62. The van der Waals surface area contributed by atoms with Gasteiger partial charge in [0.05, 0.1) is 6.61 Å². The molecule has 0 saturated heterocycles. The van der Waals surface area contributed by atoms with Crippen LogP contribution in [0.5, 0.6) is 0 Å². The topological polar surface area (TPSA) is 59.1 Å². The van der Waals surface area contributed by atoms with Crippen LogP contribution in [0.4, 0.5) is 11.6 Å². The Bertz CT molecular complexity index is 395. The van der Waals surface area contributed by atoms with Gasteiger partial charge in [-0.15, -0.1) is 0 Å². The maximum absolute atomic E-state index is 5.15. The number of nitrogens with one attached hydrogen (secondary N) is 2. The van der Waals surface area contributed by atoms with E-state index >= 15 is 0 Å². The van der Waals surface area contributed by atoms with Gasteiger partial charge in [0.25, 0.3) is 0 Å². The van der Waals surface area contributed by atoms with Crippen LogP contribution in [0.1, 0.15) is 38.6 Å². The van der Waals surface area contributed by atoms with Gasteiger partial charge in [-0.3, -0.25) is 0 Å². The second-order valence-electron chi connectivity index (χ2n) is 4.74. The number of hydrogen-bond acceptors (Lipinski definition) is 5. The number of hydrogen-bond donors (Lipinski definition) is 2. The molecule has 1 atom stereocenters. The highest BCUT2D eigenvalue weighted by atomic mass is 16.5. The van der Waals surface area contributed by atoms with E-state index in [0.29, 0.717) is 6.61 Å². The zero-order chi connectivity index (χ0) is 14.3. The normalized spacial score (nSPS) is 12.3. The van der Waals surface area contributed by atoms with E-state index in [4.69, 9.17) is 4.74 Å². The minimum Gasteiger partial charge on any atom is -0.383 e. The molecule has 0 saturated carbocycles. The van der Waals surface area contributed by atoms with E-state index < -0.39 is 0 Å². The van der Waals surface area contributed by atoms with E-state index in [9.17, 15) is 0 Å². The van der Waals surface area contributed by atoms with Crippen molar-refractivity contribution in [3.63, 3.8) is 0 Å². The van der Waals surface area contributed by atoms with E-state index in [1.165, 1.54) is 0 Å². The molecule has 1 rings (SSSR count). The fourth-order valence-corrected chi connectivity index (χ4v) is 1.80. The predicted molar refractivity (Wildman–Crippen MR) is 79.9 cm³/mol. The summed E-state index contributed by atoms with van der Waals surface area (Å²) in [5.41, 5.74) is 1.06. The molecule has 0 aromatic carbocycles. The maximum atomic E-state index is 5.15. The molecule has 19 heavy (non-hydrogen) atoms. The lowest BCUT2D eigenvalue weighted by molar-refractivity contribution is 0.190. The van der Waals surface area contributed by atoms with Crippen LogP contribution in [0.2, 0.25) is 0 Å². The second-order valence-corrected chi connectivity index (χ2v) is 4.74. The molecule has 0 fully saturated rings. The Morgan fingerprint density at radius 2 is 1.89 bits per heavy atom. The highest BCUT2D eigenvalue weighted by molar-refractivity contribution is 5.57. The summed E-state index contributed by atoms with van der Waals surface area (Å²) in [5.74, 6) is 2.69. The average molecular weight is 266 g/mol. The Labute approximate surface area is 116 Å². The molecule has 1 aromatic rings. The zero-order valence-corrected chi connectivity index (χ0v) is 12.7. The van der Waals surface area contributed by atoms with Crippen molar-refractivity contribution in [3.05, 3.63) is 11.4 Å². The van der Waals surface area contributed by atoms with Gasteiger partial charge < -0.3 is 15.4 Å². The van der Waals surface area contributed by atoms with Gasteiger partial charge in [-0.2, -0.15) is 0 Å². The number of anilines is 2. The van der Waals surface area contributed by atoms with Gasteiger partial charge in [-0.05, 0) is 20.3 Å². The van der Waals surface area contributed by atoms with Gasteiger partial charge in [-0.25, -0.2) is 9.97 Å². The number of ether oxygens (including phenoxy) is 1. The van der Waals surface area contributed by atoms with Crippen LogP contribution in [0.15, 0.2) is 0 Å². The Balaban J connectivity index is 2.94. The largest absolute Gasteiger partial charge is 0.383 e. The molecule has 0 aliphatic heterocycles. The van der Waals surface area contributed by atoms with Crippen molar-refractivity contribution in [1.82, 2.24) is 9.97 Å². The molecule has 5 heteroatoms. The molecule has 1 aromatic heterocycles. The fourth-order valence-electron chi connectivity index (χ4n) is 1.80. The first kappa shape index (κ1) is 15.7. The van der Waals surface area contributed by atoms with Crippen molar-refractivity contribution in [2.24, 2.45) is 0 Å².